The molecule has 1 aromatic carbocycles. The van der Waals surface area contributed by atoms with E-state index >= 15 is 0 Å². The number of carbonyl (C=O) groups is 2. The zero-order valence-corrected chi connectivity index (χ0v) is 16.2. The molecule has 3 heterocycles. The van der Waals surface area contributed by atoms with Gasteiger partial charge in [-0.2, -0.15) is 5.01 Å². The molecule has 0 bridgehead atoms. The van der Waals surface area contributed by atoms with Crippen molar-refractivity contribution in [1.82, 2.24) is 14.6 Å². The Morgan fingerprint density at radius 1 is 1.10 bits per heavy atom. The van der Waals surface area contributed by atoms with Gasteiger partial charge in [0.05, 0.1) is 12.2 Å². The van der Waals surface area contributed by atoms with E-state index in [0.29, 0.717) is 13.1 Å². The molecule has 1 fully saturated rings. The molecular weight excluding hydrogens is 396 g/mol. The highest BCUT2D eigenvalue weighted by Crippen LogP contribution is 2.25. The first-order valence-corrected chi connectivity index (χ1v) is 9.87. The Morgan fingerprint density at radius 2 is 1.87 bits per heavy atom. The van der Waals surface area contributed by atoms with Crippen molar-refractivity contribution in [2.75, 3.05) is 13.1 Å². The highest BCUT2D eigenvalue weighted by molar-refractivity contribution is 5.99. The summed E-state index contributed by atoms with van der Waals surface area (Å²) in [6.45, 7) is 1.41. The van der Waals surface area contributed by atoms with Gasteiger partial charge in [0.15, 0.2) is 17.2 Å². The van der Waals surface area contributed by atoms with Crippen LogP contribution >= 0.6 is 0 Å². The van der Waals surface area contributed by atoms with E-state index in [0.717, 1.165) is 31.4 Å². The number of Topliss-reactive ketones (excluding diaryl/α,β-unsaturated/α-hetero) is 1. The molecule has 9 heteroatoms. The van der Waals surface area contributed by atoms with Crippen LogP contribution in [0.1, 0.15) is 52.1 Å². The molecule has 30 heavy (non-hydrogen) atoms. The van der Waals surface area contributed by atoms with Gasteiger partial charge in [-0.15, -0.1) is 0 Å². The van der Waals surface area contributed by atoms with Crippen LogP contribution in [0.2, 0.25) is 0 Å². The van der Waals surface area contributed by atoms with Gasteiger partial charge < -0.3 is 9.67 Å². The van der Waals surface area contributed by atoms with Crippen molar-refractivity contribution in [1.29, 1.82) is 0 Å². The number of carbonyl (C=O) groups excluding carboxylic acids is 2. The summed E-state index contributed by atoms with van der Waals surface area (Å²) < 4.78 is 28.3. The third-order valence-corrected chi connectivity index (χ3v) is 5.57. The Bertz CT molecular complexity index is 1080. The number of hydrazine groups is 1. The number of ketones is 1. The molecule has 4 rings (SSSR count). The first-order valence-electron chi connectivity index (χ1n) is 9.87. The number of hydrogen-bond donors (Lipinski definition) is 1. The SMILES string of the molecule is O=C(CCc1ccc(F)cc1F)c1cn2c(c(O)c1=O)C(=O)N1CCCCCN1C2. The summed E-state index contributed by atoms with van der Waals surface area (Å²) in [6, 6.07) is 3.08. The zero-order valence-electron chi connectivity index (χ0n) is 16.2. The average molecular weight is 417 g/mol. The van der Waals surface area contributed by atoms with Gasteiger partial charge in [0.25, 0.3) is 5.91 Å². The molecule has 0 spiro atoms. The summed E-state index contributed by atoms with van der Waals surface area (Å²) in [7, 11) is 0. The monoisotopic (exact) mass is 417 g/mol. The number of fused-ring (bicyclic) bond motifs is 2. The molecule has 2 aliphatic heterocycles. The predicted molar refractivity (Wildman–Crippen MR) is 103 cm³/mol. The normalized spacial score (nSPS) is 16.7. The number of halogens is 2. The Kier molecular flexibility index (Phi) is 5.38. The van der Waals surface area contributed by atoms with Gasteiger partial charge in [-0.25, -0.2) is 8.78 Å². The van der Waals surface area contributed by atoms with Crippen molar-refractivity contribution in [2.24, 2.45) is 0 Å². The van der Waals surface area contributed by atoms with Gasteiger partial charge in [0, 0.05) is 31.8 Å². The molecule has 1 saturated heterocycles. The van der Waals surface area contributed by atoms with Crippen molar-refractivity contribution < 1.29 is 23.5 Å². The van der Waals surface area contributed by atoms with Crippen LogP contribution < -0.4 is 5.43 Å². The van der Waals surface area contributed by atoms with Gasteiger partial charge in [0.1, 0.15) is 11.6 Å². The number of amides is 1. The number of aromatic nitrogens is 1. The number of hydrogen-bond acceptors (Lipinski definition) is 5. The lowest BCUT2D eigenvalue weighted by Gasteiger charge is -2.39. The third-order valence-electron chi connectivity index (χ3n) is 5.57. The van der Waals surface area contributed by atoms with Gasteiger partial charge >= 0.3 is 0 Å². The van der Waals surface area contributed by atoms with E-state index in [9.17, 15) is 28.3 Å². The smallest absolute Gasteiger partial charge is 0.288 e. The standard InChI is InChI=1S/C21H21F2N3O4/c22-14-6-4-13(16(23)10-14)5-7-17(27)15-11-24-12-25-8-2-1-3-9-26(25)21(30)18(24)20(29)19(15)28/h4,6,10-11,29H,1-3,5,7-9,12H2. The zero-order chi connectivity index (χ0) is 21.4. The van der Waals surface area contributed by atoms with Crippen LogP contribution in [0.25, 0.3) is 0 Å². The lowest BCUT2D eigenvalue weighted by molar-refractivity contribution is -0.0380. The summed E-state index contributed by atoms with van der Waals surface area (Å²) in [4.78, 5) is 38.1. The minimum absolute atomic E-state index is 0.0221. The largest absolute Gasteiger partial charge is 0.503 e. The van der Waals surface area contributed by atoms with Crippen molar-refractivity contribution in [3.8, 4) is 5.75 Å². The van der Waals surface area contributed by atoms with Crippen molar-refractivity contribution in [3.63, 3.8) is 0 Å². The van der Waals surface area contributed by atoms with Crippen LogP contribution in [-0.4, -0.2) is 44.5 Å². The second-order valence-electron chi connectivity index (χ2n) is 7.56. The number of rotatable bonds is 4. The first kappa shape index (κ1) is 20.2. The molecule has 0 unspecified atom stereocenters. The van der Waals surface area contributed by atoms with Crippen LogP contribution in [0.4, 0.5) is 8.78 Å². The summed E-state index contributed by atoms with van der Waals surface area (Å²) in [6.07, 6.45) is 3.81. The fourth-order valence-electron chi connectivity index (χ4n) is 3.96. The molecule has 158 valence electrons. The second-order valence-corrected chi connectivity index (χ2v) is 7.56. The van der Waals surface area contributed by atoms with Gasteiger partial charge in [-0.05, 0) is 30.9 Å². The van der Waals surface area contributed by atoms with Crippen LogP contribution in [0.3, 0.4) is 0 Å². The number of pyridine rings is 1. The van der Waals surface area contributed by atoms with E-state index in [-0.39, 0.29) is 36.3 Å². The Balaban J connectivity index is 1.62. The van der Waals surface area contributed by atoms with E-state index < -0.39 is 34.5 Å². The predicted octanol–water partition coefficient (Wildman–Crippen LogP) is 2.46. The number of aryl methyl sites for hydroxylation is 1. The minimum Gasteiger partial charge on any atom is -0.503 e. The maximum atomic E-state index is 13.8. The van der Waals surface area contributed by atoms with E-state index in [1.54, 1.807) is 5.01 Å². The first-order chi connectivity index (χ1) is 14.4. The Morgan fingerprint density at radius 3 is 2.63 bits per heavy atom. The van der Waals surface area contributed by atoms with Crippen LogP contribution in [0.15, 0.2) is 29.2 Å². The summed E-state index contributed by atoms with van der Waals surface area (Å²) in [5, 5.41) is 13.8. The van der Waals surface area contributed by atoms with Gasteiger partial charge in [0.2, 0.25) is 5.43 Å². The van der Waals surface area contributed by atoms with Crippen LogP contribution in [0.5, 0.6) is 5.75 Å². The van der Waals surface area contributed by atoms with E-state index in [4.69, 9.17) is 0 Å². The Hall–Kier alpha value is -3.07. The van der Waals surface area contributed by atoms with Crippen molar-refractivity contribution >= 4 is 11.7 Å². The molecule has 1 N–H and O–H groups in total. The molecule has 0 saturated carbocycles. The van der Waals surface area contributed by atoms with Crippen LogP contribution in [-0.2, 0) is 13.1 Å². The molecule has 2 aliphatic rings. The molecule has 0 atom stereocenters. The summed E-state index contributed by atoms with van der Waals surface area (Å²) >= 11 is 0. The highest BCUT2D eigenvalue weighted by Gasteiger charge is 2.35. The molecule has 2 aromatic rings. The number of benzene rings is 1. The van der Waals surface area contributed by atoms with Gasteiger partial charge in [-0.3, -0.25) is 19.4 Å². The van der Waals surface area contributed by atoms with E-state index in [2.05, 4.69) is 0 Å². The fraction of sp³-hybridized carbons (Fsp3) is 0.381. The lowest BCUT2D eigenvalue weighted by Crippen LogP contribution is -2.52. The molecule has 0 aliphatic carbocycles. The number of aromatic hydroxyl groups is 1. The quantitative estimate of drug-likeness (QED) is 0.773. The van der Waals surface area contributed by atoms with Crippen molar-refractivity contribution in [2.45, 2.75) is 38.8 Å². The molecular formula is C21H21F2N3O4. The minimum atomic E-state index is -0.914. The van der Waals surface area contributed by atoms with Crippen molar-refractivity contribution in [3.05, 3.63) is 63.1 Å². The average Bonchev–Trinajstić information content (AvgIpc) is 2.95. The van der Waals surface area contributed by atoms with E-state index in [1.807, 2.05) is 5.01 Å². The Labute approximate surface area is 171 Å². The molecule has 0 radical (unpaired) electrons. The number of nitrogens with zero attached hydrogens (tertiary/aromatic N) is 3. The maximum absolute atomic E-state index is 13.8. The molecule has 7 nitrogen and oxygen atoms in total. The maximum Gasteiger partial charge on any atom is 0.288 e. The lowest BCUT2D eigenvalue weighted by atomic mass is 10.0. The summed E-state index contributed by atoms with van der Waals surface area (Å²) in [5.74, 6) is -3.28. The molecule has 1 aromatic heterocycles. The fourth-order valence-corrected chi connectivity index (χ4v) is 3.96. The highest BCUT2D eigenvalue weighted by atomic mass is 19.1. The third kappa shape index (κ3) is 3.60. The summed E-state index contributed by atoms with van der Waals surface area (Å²) in [5.41, 5.74) is -1.14. The second kappa shape index (κ2) is 7.98. The van der Waals surface area contributed by atoms with Gasteiger partial charge in [-0.1, -0.05) is 12.5 Å². The molecule has 1 amide bonds. The van der Waals surface area contributed by atoms with Crippen LogP contribution in [0, 0.1) is 11.6 Å². The van der Waals surface area contributed by atoms with E-state index in [1.165, 1.54) is 16.8 Å². The topological polar surface area (TPSA) is 82.8 Å².